The van der Waals surface area contributed by atoms with Gasteiger partial charge in [-0.2, -0.15) is 0 Å². The van der Waals surface area contributed by atoms with Crippen LogP contribution in [0.3, 0.4) is 0 Å². The summed E-state index contributed by atoms with van der Waals surface area (Å²) in [6.07, 6.45) is 0. The average molecular weight is 477 g/mol. The SMILES string of the molecule is COc1cc(C(=O)c2ccc(C(Br)Br)cc2Br)ccc1C. The van der Waals surface area contributed by atoms with Gasteiger partial charge >= 0.3 is 0 Å². The van der Waals surface area contributed by atoms with E-state index in [0.29, 0.717) is 11.1 Å². The number of ketones is 1. The topological polar surface area (TPSA) is 26.3 Å². The lowest BCUT2D eigenvalue weighted by atomic mass is 10.0. The molecule has 5 heteroatoms. The molecule has 0 aliphatic carbocycles. The molecule has 0 aliphatic rings. The monoisotopic (exact) mass is 474 g/mol. The number of carbonyl (C=O) groups excluding carboxylic acids is 1. The molecule has 2 nitrogen and oxygen atoms in total. The standard InChI is InChI=1S/C16H13Br3O2/c1-9-3-4-10(8-14(9)21-2)15(20)12-6-5-11(16(18)19)7-13(12)17/h3-8,16H,1-2H3. The Bertz CT molecular complexity index is 681. The second-order valence-electron chi connectivity index (χ2n) is 4.55. The van der Waals surface area contributed by atoms with Crippen LogP contribution in [0.25, 0.3) is 0 Å². The van der Waals surface area contributed by atoms with Gasteiger partial charge in [-0.3, -0.25) is 4.79 Å². The lowest BCUT2D eigenvalue weighted by molar-refractivity contribution is 0.103. The summed E-state index contributed by atoms with van der Waals surface area (Å²) in [6.45, 7) is 1.95. The average Bonchev–Trinajstić information content (AvgIpc) is 2.46. The van der Waals surface area contributed by atoms with Crippen molar-refractivity contribution in [1.82, 2.24) is 0 Å². The van der Waals surface area contributed by atoms with E-state index in [2.05, 4.69) is 47.8 Å². The zero-order chi connectivity index (χ0) is 15.6. The van der Waals surface area contributed by atoms with Crippen molar-refractivity contribution in [1.29, 1.82) is 0 Å². The Morgan fingerprint density at radius 1 is 1.14 bits per heavy atom. The summed E-state index contributed by atoms with van der Waals surface area (Å²) in [5.41, 5.74) is 3.29. The van der Waals surface area contributed by atoms with Crippen LogP contribution in [0.1, 0.15) is 30.8 Å². The van der Waals surface area contributed by atoms with Crippen LogP contribution in [0.2, 0.25) is 0 Å². The molecule has 0 amide bonds. The second kappa shape index (κ2) is 7.07. The molecule has 0 aliphatic heterocycles. The van der Waals surface area contributed by atoms with Gasteiger partial charge < -0.3 is 4.74 Å². The first-order valence-corrected chi connectivity index (χ1v) is 8.83. The van der Waals surface area contributed by atoms with Crippen LogP contribution in [0.4, 0.5) is 0 Å². The first-order valence-electron chi connectivity index (χ1n) is 6.21. The fourth-order valence-corrected chi connectivity index (χ4v) is 3.11. The molecular weight excluding hydrogens is 464 g/mol. The molecule has 2 aromatic carbocycles. The van der Waals surface area contributed by atoms with Crippen molar-refractivity contribution in [3.63, 3.8) is 0 Å². The number of carbonyl (C=O) groups is 1. The van der Waals surface area contributed by atoms with Crippen LogP contribution in [-0.2, 0) is 0 Å². The molecular formula is C16H13Br3O2. The lowest BCUT2D eigenvalue weighted by Crippen LogP contribution is -2.04. The number of methoxy groups -OCH3 is 1. The first-order chi connectivity index (χ1) is 9.93. The Kier molecular flexibility index (Phi) is 5.63. The zero-order valence-electron chi connectivity index (χ0n) is 11.5. The van der Waals surface area contributed by atoms with Gasteiger partial charge in [0.2, 0.25) is 0 Å². The molecule has 21 heavy (non-hydrogen) atoms. The summed E-state index contributed by atoms with van der Waals surface area (Å²) in [5.74, 6) is 0.682. The van der Waals surface area contributed by atoms with Crippen molar-refractivity contribution in [3.05, 3.63) is 63.1 Å². The third kappa shape index (κ3) is 3.76. The Morgan fingerprint density at radius 3 is 2.43 bits per heavy atom. The van der Waals surface area contributed by atoms with Crippen LogP contribution < -0.4 is 4.74 Å². The Morgan fingerprint density at radius 2 is 1.86 bits per heavy atom. The van der Waals surface area contributed by atoms with E-state index in [-0.39, 0.29) is 9.52 Å². The van der Waals surface area contributed by atoms with Gasteiger partial charge in [0.15, 0.2) is 5.78 Å². The van der Waals surface area contributed by atoms with E-state index in [1.165, 1.54) is 0 Å². The highest BCUT2D eigenvalue weighted by atomic mass is 79.9. The molecule has 0 spiro atoms. The Hall–Kier alpha value is -0.650. The molecule has 110 valence electrons. The van der Waals surface area contributed by atoms with Gasteiger partial charge in [-0.1, -0.05) is 66.0 Å². The van der Waals surface area contributed by atoms with Crippen LogP contribution in [0.5, 0.6) is 5.75 Å². The number of rotatable bonds is 4. The fourth-order valence-electron chi connectivity index (χ4n) is 1.97. The van der Waals surface area contributed by atoms with E-state index < -0.39 is 0 Å². The van der Waals surface area contributed by atoms with Crippen LogP contribution in [0, 0.1) is 6.92 Å². The number of ether oxygens (including phenoxy) is 1. The number of halogens is 3. The molecule has 0 saturated heterocycles. The molecule has 0 radical (unpaired) electrons. The van der Waals surface area contributed by atoms with Gasteiger partial charge in [0.1, 0.15) is 5.75 Å². The highest BCUT2D eigenvalue weighted by Crippen LogP contribution is 2.33. The number of hydrogen-bond donors (Lipinski definition) is 0. The normalized spacial score (nSPS) is 10.8. The van der Waals surface area contributed by atoms with Crippen molar-refractivity contribution >= 4 is 53.6 Å². The fraction of sp³-hybridized carbons (Fsp3) is 0.188. The van der Waals surface area contributed by atoms with E-state index in [1.807, 2.05) is 37.3 Å². The minimum absolute atomic E-state index is 0.0348. The van der Waals surface area contributed by atoms with Crippen molar-refractivity contribution in [3.8, 4) is 5.75 Å². The zero-order valence-corrected chi connectivity index (χ0v) is 16.2. The molecule has 0 saturated carbocycles. The molecule has 0 atom stereocenters. The van der Waals surface area contributed by atoms with Gasteiger partial charge in [0.25, 0.3) is 0 Å². The van der Waals surface area contributed by atoms with Gasteiger partial charge in [-0.25, -0.2) is 0 Å². The quantitative estimate of drug-likeness (QED) is 0.412. The van der Waals surface area contributed by atoms with E-state index in [9.17, 15) is 4.79 Å². The lowest BCUT2D eigenvalue weighted by Gasteiger charge is -2.10. The number of hydrogen-bond acceptors (Lipinski definition) is 2. The smallest absolute Gasteiger partial charge is 0.194 e. The first kappa shape index (κ1) is 16.7. The predicted octanol–water partition coefficient (Wildman–Crippen LogP) is 5.79. The van der Waals surface area contributed by atoms with Crippen molar-refractivity contribution < 1.29 is 9.53 Å². The maximum Gasteiger partial charge on any atom is 0.194 e. The van der Waals surface area contributed by atoms with Crippen molar-refractivity contribution in [2.45, 2.75) is 10.7 Å². The predicted molar refractivity (Wildman–Crippen MR) is 95.9 cm³/mol. The van der Waals surface area contributed by atoms with Crippen LogP contribution >= 0.6 is 47.8 Å². The summed E-state index contributed by atoms with van der Waals surface area (Å²) >= 11 is 10.4. The van der Waals surface area contributed by atoms with Gasteiger partial charge in [0.05, 0.1) is 10.8 Å². The minimum atomic E-state index is -0.0348. The minimum Gasteiger partial charge on any atom is -0.496 e. The van der Waals surface area contributed by atoms with E-state index in [0.717, 1.165) is 21.3 Å². The number of benzene rings is 2. The largest absolute Gasteiger partial charge is 0.496 e. The third-order valence-electron chi connectivity index (χ3n) is 3.16. The Labute approximate surface area is 149 Å². The molecule has 2 rings (SSSR count). The number of alkyl halides is 2. The summed E-state index contributed by atoms with van der Waals surface area (Å²) < 4.78 is 6.11. The highest BCUT2D eigenvalue weighted by molar-refractivity contribution is 9.24. The molecule has 0 heterocycles. The van der Waals surface area contributed by atoms with Crippen molar-refractivity contribution in [2.24, 2.45) is 0 Å². The summed E-state index contributed by atoms with van der Waals surface area (Å²) in [5, 5.41) is 0. The second-order valence-corrected chi connectivity index (χ2v) is 8.47. The van der Waals surface area contributed by atoms with E-state index >= 15 is 0 Å². The molecule has 0 unspecified atom stereocenters. The molecule has 0 N–H and O–H groups in total. The van der Waals surface area contributed by atoms with E-state index in [1.54, 1.807) is 13.2 Å². The molecule has 0 bridgehead atoms. The number of aryl methyl sites for hydroxylation is 1. The summed E-state index contributed by atoms with van der Waals surface area (Å²) in [4.78, 5) is 12.6. The maximum atomic E-state index is 12.6. The van der Waals surface area contributed by atoms with Crippen molar-refractivity contribution in [2.75, 3.05) is 7.11 Å². The van der Waals surface area contributed by atoms with Crippen LogP contribution in [-0.4, -0.2) is 12.9 Å². The summed E-state index contributed by atoms with van der Waals surface area (Å²) in [6, 6.07) is 11.1. The molecule has 0 aromatic heterocycles. The highest BCUT2D eigenvalue weighted by Gasteiger charge is 2.15. The van der Waals surface area contributed by atoms with E-state index in [4.69, 9.17) is 4.74 Å². The maximum absolute atomic E-state index is 12.6. The van der Waals surface area contributed by atoms with Gasteiger partial charge in [0, 0.05) is 15.6 Å². The van der Waals surface area contributed by atoms with Crippen LogP contribution in [0.15, 0.2) is 40.9 Å². The summed E-state index contributed by atoms with van der Waals surface area (Å²) in [7, 11) is 1.60. The van der Waals surface area contributed by atoms with Gasteiger partial charge in [-0.15, -0.1) is 0 Å². The Balaban J connectivity index is 2.40. The third-order valence-corrected chi connectivity index (χ3v) is 4.87. The van der Waals surface area contributed by atoms with Gasteiger partial charge in [-0.05, 0) is 36.2 Å². The molecule has 0 fully saturated rings. The molecule has 2 aromatic rings.